The summed E-state index contributed by atoms with van der Waals surface area (Å²) in [6.07, 6.45) is 0. The van der Waals surface area contributed by atoms with E-state index in [0.717, 1.165) is 0 Å². The highest BCUT2D eigenvalue weighted by Crippen LogP contribution is 2.07. The largest absolute Gasteiger partial charge is 0.348 e. The van der Waals surface area contributed by atoms with Gasteiger partial charge in [-0.2, -0.15) is 5.26 Å². The standard InChI is InChI=1S/C15H10FN2O/c16-14-7-2-1-5-13(14)10-18-15(19)12-6-3-4-11(8-12)9-17/h1,3-8H,10H2,(H,18,19). The van der Waals surface area contributed by atoms with Gasteiger partial charge in [0.15, 0.2) is 0 Å². The molecule has 3 nitrogen and oxygen atoms in total. The van der Waals surface area contributed by atoms with E-state index in [9.17, 15) is 9.18 Å². The lowest BCUT2D eigenvalue weighted by Gasteiger charge is -2.06. The number of rotatable bonds is 3. The third-order valence-electron chi connectivity index (χ3n) is 2.59. The van der Waals surface area contributed by atoms with E-state index >= 15 is 0 Å². The summed E-state index contributed by atoms with van der Waals surface area (Å²) in [4.78, 5) is 11.8. The van der Waals surface area contributed by atoms with Gasteiger partial charge in [0.25, 0.3) is 5.91 Å². The Balaban J connectivity index is 2.06. The van der Waals surface area contributed by atoms with Crippen LogP contribution in [0.5, 0.6) is 0 Å². The third kappa shape index (κ3) is 3.17. The molecule has 1 amide bonds. The van der Waals surface area contributed by atoms with Crippen molar-refractivity contribution in [1.29, 1.82) is 5.26 Å². The highest BCUT2D eigenvalue weighted by atomic mass is 19.1. The molecule has 1 N–H and O–H groups in total. The summed E-state index contributed by atoms with van der Waals surface area (Å²) in [6, 6.07) is 15.3. The molecule has 0 aliphatic heterocycles. The molecule has 19 heavy (non-hydrogen) atoms. The van der Waals surface area contributed by atoms with E-state index in [1.165, 1.54) is 12.1 Å². The van der Waals surface area contributed by atoms with Crippen molar-refractivity contribution in [3.8, 4) is 6.07 Å². The van der Waals surface area contributed by atoms with Gasteiger partial charge < -0.3 is 5.32 Å². The summed E-state index contributed by atoms with van der Waals surface area (Å²) >= 11 is 0. The van der Waals surface area contributed by atoms with Crippen molar-refractivity contribution in [2.24, 2.45) is 0 Å². The molecule has 0 spiro atoms. The Morgan fingerprint density at radius 1 is 1.42 bits per heavy atom. The SMILES string of the molecule is N#Cc1cccc(C(=O)NCc2cc[c]cc2F)c1. The first kappa shape index (κ1) is 12.8. The molecule has 0 saturated carbocycles. The van der Waals surface area contributed by atoms with E-state index in [-0.39, 0.29) is 12.5 Å². The second-order valence-corrected chi connectivity index (χ2v) is 3.89. The predicted octanol–water partition coefficient (Wildman–Crippen LogP) is 2.43. The van der Waals surface area contributed by atoms with Gasteiger partial charge >= 0.3 is 0 Å². The molecule has 0 aliphatic carbocycles. The Hall–Kier alpha value is -2.67. The molecule has 2 rings (SSSR count). The maximum Gasteiger partial charge on any atom is 0.251 e. The first-order valence-electron chi connectivity index (χ1n) is 5.63. The molecule has 0 saturated heterocycles. The number of nitrogens with zero attached hydrogens (tertiary/aromatic N) is 1. The summed E-state index contributed by atoms with van der Waals surface area (Å²) in [5, 5.41) is 11.4. The van der Waals surface area contributed by atoms with Crippen molar-refractivity contribution in [3.63, 3.8) is 0 Å². The summed E-state index contributed by atoms with van der Waals surface area (Å²) in [7, 11) is 0. The fourth-order valence-corrected chi connectivity index (χ4v) is 1.59. The Bertz CT molecular complexity index is 647. The third-order valence-corrected chi connectivity index (χ3v) is 2.59. The minimum absolute atomic E-state index is 0.0934. The van der Waals surface area contributed by atoms with Crippen LogP contribution in [0.15, 0.2) is 42.5 Å². The van der Waals surface area contributed by atoms with Gasteiger partial charge in [0.05, 0.1) is 11.6 Å². The fourth-order valence-electron chi connectivity index (χ4n) is 1.59. The quantitative estimate of drug-likeness (QED) is 0.913. The maximum absolute atomic E-state index is 13.3. The van der Waals surface area contributed by atoms with Crippen LogP contribution >= 0.6 is 0 Å². The number of nitriles is 1. The molecule has 1 radical (unpaired) electrons. The highest BCUT2D eigenvalue weighted by Gasteiger charge is 2.07. The Kier molecular flexibility index (Phi) is 3.89. The first-order chi connectivity index (χ1) is 9.20. The topological polar surface area (TPSA) is 52.9 Å². The van der Waals surface area contributed by atoms with Crippen molar-refractivity contribution in [2.45, 2.75) is 6.54 Å². The minimum atomic E-state index is -0.409. The molecule has 0 heterocycles. The smallest absolute Gasteiger partial charge is 0.251 e. The van der Waals surface area contributed by atoms with Crippen molar-refractivity contribution < 1.29 is 9.18 Å². The van der Waals surface area contributed by atoms with Gasteiger partial charge in [0, 0.05) is 17.7 Å². The van der Waals surface area contributed by atoms with Gasteiger partial charge in [-0.25, -0.2) is 4.39 Å². The molecule has 0 aromatic heterocycles. The molecular formula is C15H10FN2O. The van der Waals surface area contributed by atoms with E-state index in [2.05, 4.69) is 11.4 Å². The lowest BCUT2D eigenvalue weighted by Crippen LogP contribution is -2.23. The lowest BCUT2D eigenvalue weighted by atomic mass is 10.1. The van der Waals surface area contributed by atoms with Crippen LogP contribution in [0.3, 0.4) is 0 Å². The zero-order valence-corrected chi connectivity index (χ0v) is 9.98. The molecule has 4 heteroatoms. The van der Waals surface area contributed by atoms with Crippen LogP contribution in [0.25, 0.3) is 0 Å². The van der Waals surface area contributed by atoms with Crippen molar-refractivity contribution in [1.82, 2.24) is 5.32 Å². The summed E-state index contributed by atoms with van der Waals surface area (Å²) in [5.74, 6) is -0.752. The molecule has 0 bridgehead atoms. The van der Waals surface area contributed by atoms with E-state index in [4.69, 9.17) is 5.26 Å². The second kappa shape index (κ2) is 5.78. The lowest BCUT2D eigenvalue weighted by molar-refractivity contribution is 0.0950. The fraction of sp³-hybridized carbons (Fsp3) is 0.0667. The van der Waals surface area contributed by atoms with Crippen LogP contribution in [0.4, 0.5) is 4.39 Å². The average Bonchev–Trinajstić information content (AvgIpc) is 2.46. The summed E-state index contributed by atoms with van der Waals surface area (Å²) in [6.45, 7) is 0.0934. The van der Waals surface area contributed by atoms with Crippen molar-refractivity contribution in [2.75, 3.05) is 0 Å². The van der Waals surface area contributed by atoms with E-state index in [1.807, 2.05) is 6.07 Å². The molecule has 0 atom stereocenters. The predicted molar refractivity (Wildman–Crippen MR) is 67.6 cm³/mol. The van der Waals surface area contributed by atoms with E-state index in [0.29, 0.717) is 16.7 Å². The number of hydrogen-bond donors (Lipinski definition) is 1. The van der Waals surface area contributed by atoms with E-state index < -0.39 is 5.82 Å². The van der Waals surface area contributed by atoms with Crippen LogP contribution in [-0.2, 0) is 6.54 Å². The molecular weight excluding hydrogens is 243 g/mol. The van der Waals surface area contributed by atoms with Gasteiger partial charge in [-0.1, -0.05) is 18.2 Å². The average molecular weight is 253 g/mol. The zero-order chi connectivity index (χ0) is 13.7. The van der Waals surface area contributed by atoms with Crippen LogP contribution in [0.2, 0.25) is 0 Å². The van der Waals surface area contributed by atoms with E-state index in [1.54, 1.807) is 30.3 Å². The van der Waals surface area contributed by atoms with Crippen LogP contribution in [0.1, 0.15) is 21.5 Å². The summed E-state index contributed by atoms with van der Waals surface area (Å²) in [5.41, 5.74) is 1.18. The van der Waals surface area contributed by atoms with Gasteiger partial charge in [-0.15, -0.1) is 0 Å². The number of carbonyl (C=O) groups excluding carboxylic acids is 1. The second-order valence-electron chi connectivity index (χ2n) is 3.89. The normalized spacial score (nSPS) is 9.68. The first-order valence-corrected chi connectivity index (χ1v) is 5.63. The zero-order valence-electron chi connectivity index (χ0n) is 9.98. The van der Waals surface area contributed by atoms with Crippen LogP contribution in [0, 0.1) is 23.2 Å². The Labute approximate surface area is 110 Å². The van der Waals surface area contributed by atoms with Gasteiger partial charge in [-0.3, -0.25) is 4.79 Å². The Morgan fingerprint density at radius 2 is 2.26 bits per heavy atom. The van der Waals surface area contributed by atoms with Crippen LogP contribution in [-0.4, -0.2) is 5.91 Å². The maximum atomic E-state index is 13.3. The molecule has 0 unspecified atom stereocenters. The number of halogens is 1. The molecule has 2 aromatic carbocycles. The number of nitrogens with one attached hydrogen (secondary N) is 1. The van der Waals surface area contributed by atoms with Gasteiger partial charge in [-0.05, 0) is 30.3 Å². The van der Waals surface area contributed by atoms with Gasteiger partial charge in [0.1, 0.15) is 5.82 Å². The minimum Gasteiger partial charge on any atom is -0.348 e. The van der Waals surface area contributed by atoms with Crippen molar-refractivity contribution >= 4 is 5.91 Å². The highest BCUT2D eigenvalue weighted by molar-refractivity contribution is 5.94. The molecule has 93 valence electrons. The number of benzene rings is 2. The Morgan fingerprint density at radius 3 is 3.00 bits per heavy atom. The monoisotopic (exact) mass is 253 g/mol. The molecule has 0 fully saturated rings. The summed E-state index contributed by atoms with van der Waals surface area (Å²) < 4.78 is 13.3. The van der Waals surface area contributed by atoms with Crippen molar-refractivity contribution in [3.05, 3.63) is 71.0 Å². The number of carbonyl (C=O) groups is 1. The molecule has 2 aromatic rings. The number of hydrogen-bond acceptors (Lipinski definition) is 2. The van der Waals surface area contributed by atoms with Gasteiger partial charge in [0.2, 0.25) is 0 Å². The molecule has 0 aliphatic rings. The number of amides is 1. The van der Waals surface area contributed by atoms with Crippen LogP contribution < -0.4 is 5.32 Å².